The molecular weight excluding hydrogens is 288 g/mol. The molecule has 0 spiro atoms. The highest BCUT2D eigenvalue weighted by atomic mass is 35.5. The average molecular weight is 305 g/mol. The number of benzene rings is 2. The normalized spacial score (nSPS) is 10.2. The van der Waals surface area contributed by atoms with Crippen LogP contribution in [0.1, 0.15) is 15.9 Å². The van der Waals surface area contributed by atoms with Crippen molar-refractivity contribution in [1.29, 1.82) is 0 Å². The Labute approximate surface area is 128 Å². The Bertz CT molecular complexity index is 627. The first-order valence-electron chi connectivity index (χ1n) is 6.56. The minimum Gasteiger partial charge on any atom is -0.465 e. The number of hydrogen-bond donors (Lipinski definition) is 2. The molecule has 0 aromatic heterocycles. The van der Waals surface area contributed by atoms with Crippen LogP contribution in [0.3, 0.4) is 0 Å². The van der Waals surface area contributed by atoms with E-state index in [0.717, 1.165) is 23.7 Å². The second kappa shape index (κ2) is 6.99. The van der Waals surface area contributed by atoms with E-state index in [9.17, 15) is 4.79 Å². The second-order valence-electron chi connectivity index (χ2n) is 4.60. The molecule has 0 radical (unpaired) electrons. The van der Waals surface area contributed by atoms with E-state index in [2.05, 4.69) is 10.1 Å². The Morgan fingerprint density at radius 2 is 1.95 bits per heavy atom. The van der Waals surface area contributed by atoms with Crippen molar-refractivity contribution in [3.05, 3.63) is 58.6 Å². The number of anilines is 2. The first-order valence-corrected chi connectivity index (χ1v) is 6.94. The van der Waals surface area contributed by atoms with Gasteiger partial charge >= 0.3 is 5.97 Å². The third-order valence-electron chi connectivity index (χ3n) is 3.12. The molecule has 5 heteroatoms. The molecule has 2 rings (SSSR count). The lowest BCUT2D eigenvalue weighted by molar-refractivity contribution is 0.0601. The van der Waals surface area contributed by atoms with E-state index in [1.54, 1.807) is 18.2 Å². The summed E-state index contributed by atoms with van der Waals surface area (Å²) in [7, 11) is 1.34. The van der Waals surface area contributed by atoms with Gasteiger partial charge in [0, 0.05) is 11.6 Å². The van der Waals surface area contributed by atoms with Gasteiger partial charge in [-0.25, -0.2) is 4.79 Å². The van der Waals surface area contributed by atoms with Gasteiger partial charge in [0.05, 0.1) is 24.0 Å². The summed E-state index contributed by atoms with van der Waals surface area (Å²) in [4.78, 5) is 11.4. The van der Waals surface area contributed by atoms with Crippen LogP contribution in [0.5, 0.6) is 0 Å². The molecule has 0 aliphatic rings. The van der Waals surface area contributed by atoms with E-state index in [0.29, 0.717) is 11.3 Å². The van der Waals surface area contributed by atoms with E-state index >= 15 is 0 Å². The predicted octanol–water partition coefficient (Wildman–Crippen LogP) is 3.36. The van der Waals surface area contributed by atoms with Crippen LogP contribution in [0.15, 0.2) is 42.5 Å². The van der Waals surface area contributed by atoms with Crippen LogP contribution < -0.4 is 11.1 Å². The SMILES string of the molecule is COC(=O)c1ccc(NCCc2ccc(Cl)cc2)c(N)c1. The van der Waals surface area contributed by atoms with Crippen LogP contribution in [-0.2, 0) is 11.2 Å². The topological polar surface area (TPSA) is 64.3 Å². The summed E-state index contributed by atoms with van der Waals surface area (Å²) >= 11 is 5.84. The molecule has 0 unspecified atom stereocenters. The highest BCUT2D eigenvalue weighted by Gasteiger charge is 2.07. The molecule has 0 fully saturated rings. The van der Waals surface area contributed by atoms with Gasteiger partial charge in [0.2, 0.25) is 0 Å². The maximum absolute atomic E-state index is 11.4. The number of carbonyl (C=O) groups is 1. The highest BCUT2D eigenvalue weighted by molar-refractivity contribution is 6.30. The lowest BCUT2D eigenvalue weighted by Crippen LogP contribution is -2.08. The Morgan fingerprint density at radius 1 is 1.24 bits per heavy atom. The number of halogens is 1. The summed E-state index contributed by atoms with van der Waals surface area (Å²) in [5.74, 6) is -0.394. The minimum atomic E-state index is -0.394. The number of rotatable bonds is 5. The molecule has 0 bridgehead atoms. The van der Waals surface area contributed by atoms with Crippen LogP contribution in [0.2, 0.25) is 5.02 Å². The first-order chi connectivity index (χ1) is 10.1. The summed E-state index contributed by atoms with van der Waals surface area (Å²) in [5.41, 5.74) is 8.88. The van der Waals surface area contributed by atoms with Gasteiger partial charge in [-0.1, -0.05) is 23.7 Å². The lowest BCUT2D eigenvalue weighted by atomic mass is 10.1. The molecular formula is C16H17ClN2O2. The number of methoxy groups -OCH3 is 1. The number of nitrogen functional groups attached to an aromatic ring is 1. The van der Waals surface area contributed by atoms with Gasteiger partial charge in [-0.3, -0.25) is 0 Å². The maximum atomic E-state index is 11.4. The summed E-state index contributed by atoms with van der Waals surface area (Å²) in [6.45, 7) is 0.739. The Balaban J connectivity index is 1.94. The molecule has 0 atom stereocenters. The second-order valence-corrected chi connectivity index (χ2v) is 5.03. The van der Waals surface area contributed by atoms with Crippen LogP contribution in [0, 0.1) is 0 Å². The van der Waals surface area contributed by atoms with Crippen molar-refractivity contribution in [2.75, 3.05) is 24.7 Å². The van der Waals surface area contributed by atoms with Crippen LogP contribution in [0.4, 0.5) is 11.4 Å². The standard InChI is InChI=1S/C16H17ClN2O2/c1-21-16(20)12-4-7-15(14(18)10-12)19-9-8-11-2-5-13(17)6-3-11/h2-7,10,19H,8-9,18H2,1H3. The molecule has 4 nitrogen and oxygen atoms in total. The molecule has 2 aromatic carbocycles. The fourth-order valence-electron chi connectivity index (χ4n) is 1.96. The van der Waals surface area contributed by atoms with Gasteiger partial charge < -0.3 is 15.8 Å². The average Bonchev–Trinajstić information content (AvgIpc) is 2.50. The van der Waals surface area contributed by atoms with Crippen molar-refractivity contribution < 1.29 is 9.53 Å². The van der Waals surface area contributed by atoms with Crippen LogP contribution >= 0.6 is 11.6 Å². The zero-order valence-corrected chi connectivity index (χ0v) is 12.5. The zero-order valence-electron chi connectivity index (χ0n) is 11.7. The third-order valence-corrected chi connectivity index (χ3v) is 3.37. The van der Waals surface area contributed by atoms with Gasteiger partial charge in [0.1, 0.15) is 0 Å². The number of esters is 1. The van der Waals surface area contributed by atoms with E-state index in [-0.39, 0.29) is 0 Å². The van der Waals surface area contributed by atoms with Gasteiger partial charge in [-0.05, 0) is 42.3 Å². The van der Waals surface area contributed by atoms with E-state index in [1.807, 2.05) is 24.3 Å². The summed E-state index contributed by atoms with van der Waals surface area (Å²) in [5, 5.41) is 3.98. The summed E-state index contributed by atoms with van der Waals surface area (Å²) in [6.07, 6.45) is 0.857. The molecule has 2 aromatic rings. The zero-order chi connectivity index (χ0) is 15.2. The number of nitrogens with two attached hydrogens (primary N) is 1. The molecule has 21 heavy (non-hydrogen) atoms. The molecule has 110 valence electrons. The fraction of sp³-hybridized carbons (Fsp3) is 0.188. The van der Waals surface area contributed by atoms with Crippen molar-refractivity contribution in [2.45, 2.75) is 6.42 Å². The van der Waals surface area contributed by atoms with Gasteiger partial charge in [-0.2, -0.15) is 0 Å². The number of ether oxygens (including phenoxy) is 1. The first kappa shape index (κ1) is 15.2. The molecule has 0 aliphatic heterocycles. The smallest absolute Gasteiger partial charge is 0.337 e. The minimum absolute atomic E-state index is 0.394. The van der Waals surface area contributed by atoms with Crippen molar-refractivity contribution in [3.63, 3.8) is 0 Å². The van der Waals surface area contributed by atoms with Crippen molar-refractivity contribution in [1.82, 2.24) is 0 Å². The lowest BCUT2D eigenvalue weighted by Gasteiger charge is -2.10. The molecule has 0 heterocycles. The van der Waals surface area contributed by atoms with E-state index in [4.69, 9.17) is 17.3 Å². The molecule has 0 aliphatic carbocycles. The largest absolute Gasteiger partial charge is 0.465 e. The molecule has 0 amide bonds. The van der Waals surface area contributed by atoms with E-state index < -0.39 is 5.97 Å². The third kappa shape index (κ3) is 4.13. The summed E-state index contributed by atoms with van der Waals surface area (Å²) < 4.78 is 4.65. The van der Waals surface area contributed by atoms with Crippen LogP contribution in [0.25, 0.3) is 0 Å². The highest BCUT2D eigenvalue weighted by Crippen LogP contribution is 2.20. The predicted molar refractivity (Wildman–Crippen MR) is 85.8 cm³/mol. The number of hydrogen-bond acceptors (Lipinski definition) is 4. The maximum Gasteiger partial charge on any atom is 0.337 e. The van der Waals surface area contributed by atoms with Crippen molar-refractivity contribution >= 4 is 28.9 Å². The number of carbonyl (C=O) groups excluding carboxylic acids is 1. The molecule has 0 saturated carbocycles. The Kier molecular flexibility index (Phi) is 5.06. The van der Waals surface area contributed by atoms with Gasteiger partial charge in [-0.15, -0.1) is 0 Å². The van der Waals surface area contributed by atoms with Crippen LogP contribution in [-0.4, -0.2) is 19.6 Å². The summed E-state index contributed by atoms with van der Waals surface area (Å²) in [6, 6.07) is 12.8. The quantitative estimate of drug-likeness (QED) is 0.656. The number of nitrogens with one attached hydrogen (secondary N) is 1. The molecule has 3 N–H and O–H groups in total. The molecule has 0 saturated heterocycles. The van der Waals surface area contributed by atoms with Crippen molar-refractivity contribution in [2.24, 2.45) is 0 Å². The fourth-order valence-corrected chi connectivity index (χ4v) is 2.09. The van der Waals surface area contributed by atoms with Gasteiger partial charge in [0.25, 0.3) is 0 Å². The Hall–Kier alpha value is -2.20. The monoisotopic (exact) mass is 304 g/mol. The van der Waals surface area contributed by atoms with Gasteiger partial charge in [0.15, 0.2) is 0 Å². The Morgan fingerprint density at radius 3 is 2.57 bits per heavy atom. The van der Waals surface area contributed by atoms with Crippen molar-refractivity contribution in [3.8, 4) is 0 Å². The van der Waals surface area contributed by atoms with E-state index in [1.165, 1.54) is 12.7 Å².